The predicted octanol–water partition coefficient (Wildman–Crippen LogP) is 1.84. The first-order valence-electron chi connectivity index (χ1n) is 6.54. The van der Waals surface area contributed by atoms with Crippen molar-refractivity contribution in [3.63, 3.8) is 0 Å². The topological polar surface area (TPSA) is 101 Å². The Hall–Kier alpha value is -2.35. The van der Waals surface area contributed by atoms with Crippen molar-refractivity contribution in [1.82, 2.24) is 5.16 Å². The minimum Gasteiger partial charge on any atom is -0.361 e. The molecule has 0 radical (unpaired) electrons. The van der Waals surface area contributed by atoms with Crippen LogP contribution in [-0.4, -0.2) is 25.7 Å². The van der Waals surface area contributed by atoms with Crippen LogP contribution in [0.2, 0.25) is 0 Å². The fourth-order valence-corrected chi connectivity index (χ4v) is 2.55. The summed E-state index contributed by atoms with van der Waals surface area (Å²) in [6.45, 7) is 3.52. The highest BCUT2D eigenvalue weighted by atomic mass is 32.2. The molecule has 1 heterocycles. The van der Waals surface area contributed by atoms with Crippen molar-refractivity contribution in [3.05, 3.63) is 41.3 Å². The van der Waals surface area contributed by atoms with Crippen molar-refractivity contribution in [1.29, 1.82) is 0 Å². The molecular formula is C14H17N3O4S. The first-order chi connectivity index (χ1) is 10.2. The Labute approximate surface area is 128 Å². The van der Waals surface area contributed by atoms with E-state index in [1.807, 2.05) is 0 Å². The molecule has 0 fully saturated rings. The summed E-state index contributed by atoms with van der Waals surface area (Å²) < 4.78 is 29.8. The summed E-state index contributed by atoms with van der Waals surface area (Å²) in [6, 6.07) is 6.48. The third kappa shape index (κ3) is 4.32. The number of amides is 1. The van der Waals surface area contributed by atoms with E-state index in [0.717, 1.165) is 11.8 Å². The lowest BCUT2D eigenvalue weighted by Crippen LogP contribution is -2.15. The predicted molar refractivity (Wildman–Crippen MR) is 83.2 cm³/mol. The van der Waals surface area contributed by atoms with Gasteiger partial charge in [0.1, 0.15) is 5.76 Å². The van der Waals surface area contributed by atoms with Gasteiger partial charge in [-0.25, -0.2) is 8.42 Å². The average molecular weight is 323 g/mol. The van der Waals surface area contributed by atoms with E-state index in [1.54, 1.807) is 38.1 Å². The highest BCUT2D eigenvalue weighted by molar-refractivity contribution is 7.92. The van der Waals surface area contributed by atoms with Crippen molar-refractivity contribution >= 4 is 27.3 Å². The number of aromatic nitrogens is 1. The highest BCUT2D eigenvalue weighted by Gasteiger charge is 2.13. The number of sulfonamides is 1. The van der Waals surface area contributed by atoms with Gasteiger partial charge in [-0.05, 0) is 32.0 Å². The van der Waals surface area contributed by atoms with Gasteiger partial charge in [0.2, 0.25) is 15.9 Å². The molecule has 0 saturated carbocycles. The maximum Gasteiger partial charge on any atom is 0.229 e. The van der Waals surface area contributed by atoms with E-state index in [2.05, 4.69) is 15.2 Å². The molecule has 0 aliphatic carbocycles. The zero-order chi connectivity index (χ0) is 16.3. The summed E-state index contributed by atoms with van der Waals surface area (Å²) in [5.74, 6) is 0.381. The van der Waals surface area contributed by atoms with Crippen LogP contribution in [0.1, 0.15) is 17.0 Å². The summed E-state index contributed by atoms with van der Waals surface area (Å²) >= 11 is 0. The summed E-state index contributed by atoms with van der Waals surface area (Å²) in [4.78, 5) is 12.1. The molecule has 118 valence electrons. The van der Waals surface area contributed by atoms with Gasteiger partial charge in [-0.2, -0.15) is 0 Å². The molecule has 8 heteroatoms. The second-order valence-electron chi connectivity index (χ2n) is 4.98. The van der Waals surface area contributed by atoms with E-state index in [1.165, 1.54) is 0 Å². The van der Waals surface area contributed by atoms with Crippen LogP contribution in [0.25, 0.3) is 0 Å². The molecule has 0 atom stereocenters. The summed E-state index contributed by atoms with van der Waals surface area (Å²) in [6.07, 6.45) is 1.21. The molecule has 7 nitrogen and oxygen atoms in total. The number of rotatable bonds is 5. The van der Waals surface area contributed by atoms with Crippen LogP contribution >= 0.6 is 0 Å². The van der Waals surface area contributed by atoms with Gasteiger partial charge in [-0.1, -0.05) is 11.2 Å². The lowest BCUT2D eigenvalue weighted by Gasteiger charge is -2.08. The molecule has 0 aliphatic heterocycles. The standard InChI is InChI=1S/C14H17N3O4S/c1-9-13(10(2)21-16-9)8-14(18)15-11-5-4-6-12(7-11)17-22(3,19)20/h4-7,17H,8H2,1-3H3,(H,15,18). The number of nitrogens with one attached hydrogen (secondary N) is 2. The minimum absolute atomic E-state index is 0.144. The fourth-order valence-electron chi connectivity index (χ4n) is 1.99. The Bertz CT molecular complexity index is 777. The zero-order valence-electron chi connectivity index (χ0n) is 12.5. The SMILES string of the molecule is Cc1noc(C)c1CC(=O)Nc1cccc(NS(C)(=O)=O)c1. The van der Waals surface area contributed by atoms with Gasteiger partial charge in [0.15, 0.2) is 0 Å². The fraction of sp³-hybridized carbons (Fsp3) is 0.286. The highest BCUT2D eigenvalue weighted by Crippen LogP contribution is 2.18. The Kier molecular flexibility index (Phi) is 4.51. The monoisotopic (exact) mass is 323 g/mol. The second-order valence-corrected chi connectivity index (χ2v) is 6.73. The molecule has 2 rings (SSSR count). The average Bonchev–Trinajstić information content (AvgIpc) is 2.69. The smallest absolute Gasteiger partial charge is 0.229 e. The molecule has 1 aromatic heterocycles. The molecule has 2 N–H and O–H groups in total. The maximum atomic E-state index is 12.1. The third-order valence-electron chi connectivity index (χ3n) is 2.97. The quantitative estimate of drug-likeness (QED) is 0.874. The van der Waals surface area contributed by atoms with Crippen LogP contribution < -0.4 is 10.0 Å². The summed E-state index contributed by atoms with van der Waals surface area (Å²) in [7, 11) is -3.36. The van der Waals surface area contributed by atoms with Gasteiger partial charge in [-0.15, -0.1) is 0 Å². The van der Waals surface area contributed by atoms with Crippen LogP contribution in [0.15, 0.2) is 28.8 Å². The number of hydrogen-bond donors (Lipinski definition) is 2. The number of hydrogen-bond acceptors (Lipinski definition) is 5. The number of carbonyl (C=O) groups is 1. The third-order valence-corrected chi connectivity index (χ3v) is 3.57. The number of aryl methyl sites for hydroxylation is 2. The molecular weight excluding hydrogens is 306 g/mol. The normalized spacial score (nSPS) is 11.2. The van der Waals surface area contributed by atoms with Crippen molar-refractivity contribution in [2.75, 3.05) is 16.3 Å². The van der Waals surface area contributed by atoms with Gasteiger partial charge in [0.25, 0.3) is 0 Å². The Balaban J connectivity index is 2.07. The van der Waals surface area contributed by atoms with Crippen LogP contribution in [-0.2, 0) is 21.2 Å². The van der Waals surface area contributed by atoms with Crippen molar-refractivity contribution in [2.24, 2.45) is 0 Å². The number of benzene rings is 1. The summed E-state index contributed by atoms with van der Waals surface area (Å²) in [5, 5.41) is 6.52. The van der Waals surface area contributed by atoms with Gasteiger partial charge >= 0.3 is 0 Å². The largest absolute Gasteiger partial charge is 0.361 e. The molecule has 0 aliphatic rings. The van der Waals surface area contributed by atoms with E-state index in [9.17, 15) is 13.2 Å². The van der Waals surface area contributed by atoms with Crippen molar-refractivity contribution < 1.29 is 17.7 Å². The lowest BCUT2D eigenvalue weighted by atomic mass is 10.1. The van der Waals surface area contributed by atoms with Crippen LogP contribution in [0, 0.1) is 13.8 Å². The number of carbonyl (C=O) groups excluding carboxylic acids is 1. The molecule has 22 heavy (non-hydrogen) atoms. The van der Waals surface area contributed by atoms with E-state index in [-0.39, 0.29) is 12.3 Å². The van der Waals surface area contributed by atoms with Crippen molar-refractivity contribution in [3.8, 4) is 0 Å². The molecule has 0 bridgehead atoms. The van der Waals surface area contributed by atoms with E-state index in [0.29, 0.717) is 22.8 Å². The van der Waals surface area contributed by atoms with Crippen LogP contribution in [0.4, 0.5) is 11.4 Å². The lowest BCUT2D eigenvalue weighted by molar-refractivity contribution is -0.115. The van der Waals surface area contributed by atoms with E-state index >= 15 is 0 Å². The molecule has 0 unspecified atom stereocenters. The number of anilines is 2. The number of nitrogens with zero attached hydrogens (tertiary/aromatic N) is 1. The van der Waals surface area contributed by atoms with Gasteiger partial charge in [0.05, 0.1) is 24.1 Å². The molecule has 1 amide bonds. The second kappa shape index (κ2) is 6.18. The summed E-state index contributed by atoms with van der Waals surface area (Å²) in [5.41, 5.74) is 2.33. The Morgan fingerprint density at radius 2 is 1.95 bits per heavy atom. The van der Waals surface area contributed by atoms with E-state index < -0.39 is 10.0 Å². The van der Waals surface area contributed by atoms with Crippen LogP contribution in [0.3, 0.4) is 0 Å². The van der Waals surface area contributed by atoms with Gasteiger partial charge < -0.3 is 9.84 Å². The minimum atomic E-state index is -3.36. The molecule has 0 saturated heterocycles. The van der Waals surface area contributed by atoms with Gasteiger partial charge in [-0.3, -0.25) is 9.52 Å². The van der Waals surface area contributed by atoms with Gasteiger partial charge in [0, 0.05) is 11.3 Å². The first-order valence-corrected chi connectivity index (χ1v) is 8.43. The first kappa shape index (κ1) is 16.0. The molecule has 2 aromatic rings. The Morgan fingerprint density at radius 1 is 1.27 bits per heavy atom. The zero-order valence-corrected chi connectivity index (χ0v) is 13.3. The van der Waals surface area contributed by atoms with Crippen molar-refractivity contribution in [2.45, 2.75) is 20.3 Å². The van der Waals surface area contributed by atoms with Crippen LogP contribution in [0.5, 0.6) is 0 Å². The Morgan fingerprint density at radius 3 is 2.55 bits per heavy atom. The molecule has 1 aromatic carbocycles. The van der Waals surface area contributed by atoms with E-state index in [4.69, 9.17) is 4.52 Å². The molecule has 0 spiro atoms. The maximum absolute atomic E-state index is 12.1.